The Labute approximate surface area is 158 Å². The number of benzene rings is 1. The summed E-state index contributed by atoms with van der Waals surface area (Å²) in [6.07, 6.45) is 5.23. The minimum Gasteiger partial charge on any atom is -0.507 e. The maximum atomic E-state index is 12.1. The summed E-state index contributed by atoms with van der Waals surface area (Å²) >= 11 is 0. The minimum absolute atomic E-state index is 0.00403. The molecule has 6 N–H and O–H groups in total. The molecule has 1 aliphatic heterocycles. The first-order valence-electron chi connectivity index (χ1n) is 9.15. The van der Waals surface area contributed by atoms with Crippen molar-refractivity contribution in [2.24, 2.45) is 11.7 Å². The number of fused-ring (bicyclic) bond motifs is 2. The highest BCUT2D eigenvalue weighted by atomic mass is 16.3. The van der Waals surface area contributed by atoms with Gasteiger partial charge < -0.3 is 26.5 Å². The van der Waals surface area contributed by atoms with Gasteiger partial charge in [-0.2, -0.15) is 0 Å². The van der Waals surface area contributed by atoms with Gasteiger partial charge in [0.2, 0.25) is 5.91 Å². The molecule has 0 spiro atoms. The zero-order valence-electron chi connectivity index (χ0n) is 15.1. The number of piperidine rings is 1. The van der Waals surface area contributed by atoms with Crippen molar-refractivity contribution in [1.29, 1.82) is 0 Å². The number of aromatic nitrogens is 1. The number of nitrogens with one attached hydrogen (secondary N) is 1. The molecule has 2 fully saturated rings. The van der Waals surface area contributed by atoms with Gasteiger partial charge in [-0.05, 0) is 49.1 Å². The summed E-state index contributed by atoms with van der Waals surface area (Å²) in [6, 6.07) is 9.13. The number of carbonyl (C=O) groups is 1. The number of amides is 1. The van der Waals surface area contributed by atoms with Crippen LogP contribution < -0.4 is 11.5 Å². The molecule has 2 aliphatic rings. The van der Waals surface area contributed by atoms with E-state index in [0.717, 1.165) is 30.6 Å². The van der Waals surface area contributed by atoms with Crippen molar-refractivity contribution in [2.75, 3.05) is 12.3 Å². The number of H-pyrrole nitrogens is 1. The minimum atomic E-state index is -0.00403. The number of hydrogen-bond donors (Lipinski definition) is 4. The van der Waals surface area contributed by atoms with Crippen LogP contribution >= 0.6 is 0 Å². The zero-order valence-corrected chi connectivity index (χ0v) is 15.1. The van der Waals surface area contributed by atoms with Gasteiger partial charge in [-0.25, -0.2) is 0 Å². The molecule has 6 nitrogen and oxygen atoms in total. The van der Waals surface area contributed by atoms with Crippen LogP contribution in [0.15, 0.2) is 43.0 Å². The van der Waals surface area contributed by atoms with Crippen LogP contribution in [0.3, 0.4) is 0 Å². The maximum Gasteiger partial charge on any atom is 0.246 e. The number of nitrogens with zero attached hydrogens (tertiary/aromatic N) is 1. The second-order valence-electron chi connectivity index (χ2n) is 7.42. The summed E-state index contributed by atoms with van der Waals surface area (Å²) in [5, 5.41) is 9.98. The summed E-state index contributed by atoms with van der Waals surface area (Å²) in [5.41, 5.74) is 15.2. The normalized spacial score (nSPS) is 24.4. The maximum absolute atomic E-state index is 12.1. The molecule has 2 heterocycles. The number of phenolic OH excluding ortho intramolecular Hbond substituents is 1. The molecular formula is C21H24N4O2. The van der Waals surface area contributed by atoms with Crippen LogP contribution in [0.5, 0.6) is 5.75 Å². The monoisotopic (exact) mass is 364 g/mol. The number of likely N-dealkylation sites (tertiary alicyclic amines) is 1. The van der Waals surface area contributed by atoms with Gasteiger partial charge in [-0.1, -0.05) is 18.7 Å². The number of hydrogen-bond acceptors (Lipinski definition) is 4. The Bertz CT molecular complexity index is 930. The van der Waals surface area contributed by atoms with E-state index >= 15 is 0 Å². The van der Waals surface area contributed by atoms with E-state index in [1.807, 2.05) is 17.0 Å². The molecule has 4 rings (SSSR count). The Morgan fingerprint density at radius 1 is 1.33 bits per heavy atom. The van der Waals surface area contributed by atoms with Crippen LogP contribution in [-0.4, -0.2) is 33.5 Å². The number of phenols is 1. The highest BCUT2D eigenvalue weighted by Gasteiger charge is 2.47. The quantitative estimate of drug-likeness (QED) is 0.625. The number of nitrogens with two attached hydrogens (primary N) is 2. The Kier molecular flexibility index (Phi) is 4.18. The SMILES string of the molecule is C=CC(=O)N1CC2CC(c3cc(/C=C(\N)c4ccccc4O)c(N)[nH]3)C1C2. The molecule has 2 aromatic rings. The van der Waals surface area contributed by atoms with Crippen LogP contribution in [0.2, 0.25) is 0 Å². The van der Waals surface area contributed by atoms with E-state index in [-0.39, 0.29) is 23.6 Å². The Balaban J connectivity index is 1.61. The molecule has 1 aromatic carbocycles. The summed E-state index contributed by atoms with van der Waals surface area (Å²) < 4.78 is 0. The molecule has 140 valence electrons. The van der Waals surface area contributed by atoms with E-state index in [9.17, 15) is 9.90 Å². The van der Waals surface area contributed by atoms with E-state index < -0.39 is 0 Å². The third kappa shape index (κ3) is 2.97. The molecule has 3 unspecified atom stereocenters. The van der Waals surface area contributed by atoms with Gasteiger partial charge in [0, 0.05) is 41.0 Å². The van der Waals surface area contributed by atoms with Crippen molar-refractivity contribution in [2.45, 2.75) is 24.8 Å². The Morgan fingerprint density at radius 3 is 2.81 bits per heavy atom. The van der Waals surface area contributed by atoms with Crippen molar-refractivity contribution in [1.82, 2.24) is 9.88 Å². The highest BCUT2D eigenvalue weighted by Crippen LogP contribution is 2.47. The highest BCUT2D eigenvalue weighted by molar-refractivity contribution is 5.88. The standard InChI is InChI=1S/C21H24N4O2/c1-2-20(27)25-11-12-7-15(18(25)8-12)17-10-13(21(23)24-17)9-16(22)14-5-3-4-6-19(14)26/h2-6,9-10,12,15,18,24,26H,1,7-8,11,22-23H2/b16-9-. The summed E-state index contributed by atoms with van der Waals surface area (Å²) in [7, 11) is 0. The van der Waals surface area contributed by atoms with Crippen molar-refractivity contribution in [3.05, 3.63) is 59.8 Å². The molecule has 1 aliphatic carbocycles. The second kappa shape index (κ2) is 6.54. The first-order chi connectivity index (χ1) is 13.0. The lowest BCUT2D eigenvalue weighted by molar-refractivity contribution is -0.127. The summed E-state index contributed by atoms with van der Waals surface area (Å²) in [5.74, 6) is 1.43. The molecule has 3 atom stereocenters. The first-order valence-corrected chi connectivity index (χ1v) is 9.15. The number of para-hydroxylation sites is 1. The fourth-order valence-corrected chi connectivity index (χ4v) is 4.52. The van der Waals surface area contributed by atoms with E-state index in [2.05, 4.69) is 11.6 Å². The van der Waals surface area contributed by atoms with E-state index in [1.165, 1.54) is 6.08 Å². The van der Waals surface area contributed by atoms with Crippen LogP contribution in [0.1, 0.15) is 35.6 Å². The molecular weight excluding hydrogens is 340 g/mol. The topological polar surface area (TPSA) is 108 Å². The van der Waals surface area contributed by atoms with Crippen molar-refractivity contribution >= 4 is 23.5 Å². The smallest absolute Gasteiger partial charge is 0.246 e. The van der Waals surface area contributed by atoms with Gasteiger partial charge in [-0.15, -0.1) is 0 Å². The molecule has 2 bridgehead atoms. The fourth-order valence-electron chi connectivity index (χ4n) is 4.52. The Morgan fingerprint density at radius 2 is 2.11 bits per heavy atom. The third-order valence-electron chi connectivity index (χ3n) is 5.77. The molecule has 0 radical (unpaired) electrons. The molecule has 6 heteroatoms. The number of aromatic hydroxyl groups is 1. The van der Waals surface area contributed by atoms with Crippen LogP contribution in [0, 0.1) is 5.92 Å². The fraction of sp³-hybridized carbons (Fsp3) is 0.286. The van der Waals surface area contributed by atoms with E-state index in [1.54, 1.807) is 24.3 Å². The summed E-state index contributed by atoms with van der Waals surface area (Å²) in [4.78, 5) is 17.3. The predicted octanol–water partition coefficient (Wildman–Crippen LogP) is 2.65. The largest absolute Gasteiger partial charge is 0.507 e. The first kappa shape index (κ1) is 17.3. The third-order valence-corrected chi connectivity index (χ3v) is 5.77. The Hall–Kier alpha value is -3.15. The average Bonchev–Trinajstić information content (AvgIpc) is 3.36. The molecule has 1 saturated heterocycles. The van der Waals surface area contributed by atoms with Crippen molar-refractivity contribution < 1.29 is 9.90 Å². The predicted molar refractivity (Wildman–Crippen MR) is 107 cm³/mol. The molecule has 1 saturated carbocycles. The number of aromatic amines is 1. The van der Waals surface area contributed by atoms with Gasteiger partial charge in [0.25, 0.3) is 0 Å². The lowest BCUT2D eigenvalue weighted by Gasteiger charge is -2.32. The summed E-state index contributed by atoms with van der Waals surface area (Å²) in [6.45, 7) is 4.43. The van der Waals surface area contributed by atoms with E-state index in [4.69, 9.17) is 11.5 Å². The number of carbonyl (C=O) groups excluding carboxylic acids is 1. The van der Waals surface area contributed by atoms with Crippen LogP contribution in [0.4, 0.5) is 5.82 Å². The van der Waals surface area contributed by atoms with Gasteiger partial charge in [-0.3, -0.25) is 4.79 Å². The number of anilines is 1. The van der Waals surface area contributed by atoms with Crippen LogP contribution in [0.25, 0.3) is 11.8 Å². The molecule has 27 heavy (non-hydrogen) atoms. The lowest BCUT2D eigenvalue weighted by atomic mass is 9.94. The van der Waals surface area contributed by atoms with Gasteiger partial charge in [0.15, 0.2) is 0 Å². The lowest BCUT2D eigenvalue weighted by Crippen LogP contribution is -2.40. The second-order valence-corrected chi connectivity index (χ2v) is 7.42. The van der Waals surface area contributed by atoms with Crippen LogP contribution in [-0.2, 0) is 4.79 Å². The van der Waals surface area contributed by atoms with E-state index in [0.29, 0.717) is 23.0 Å². The van der Waals surface area contributed by atoms with Gasteiger partial charge >= 0.3 is 0 Å². The average molecular weight is 364 g/mol. The number of nitrogen functional groups attached to an aromatic ring is 1. The van der Waals surface area contributed by atoms with Crippen molar-refractivity contribution in [3.63, 3.8) is 0 Å². The zero-order chi connectivity index (χ0) is 19.1. The van der Waals surface area contributed by atoms with Crippen molar-refractivity contribution in [3.8, 4) is 5.75 Å². The molecule has 1 amide bonds. The number of rotatable bonds is 4. The van der Waals surface area contributed by atoms with Gasteiger partial charge in [0.1, 0.15) is 11.6 Å². The molecule has 1 aromatic heterocycles. The van der Waals surface area contributed by atoms with Gasteiger partial charge in [0.05, 0.1) is 0 Å².